The first-order valence-corrected chi connectivity index (χ1v) is 9.48. The number of hydrogen-bond donors (Lipinski definition) is 2. The molecule has 1 amide bonds. The number of H-pyrrole nitrogens is 1. The molecule has 3 N–H and O–H groups in total. The van der Waals surface area contributed by atoms with E-state index < -0.39 is 6.10 Å². The summed E-state index contributed by atoms with van der Waals surface area (Å²) in [5.74, 6) is 0.625. The van der Waals surface area contributed by atoms with Crippen LogP contribution in [0.3, 0.4) is 0 Å². The molecule has 3 heterocycles. The summed E-state index contributed by atoms with van der Waals surface area (Å²) in [4.78, 5) is 36.5. The summed E-state index contributed by atoms with van der Waals surface area (Å²) in [6.07, 6.45) is 1.46. The van der Waals surface area contributed by atoms with Gasteiger partial charge in [0, 0.05) is 32.2 Å². The molecule has 0 radical (unpaired) electrons. The lowest BCUT2D eigenvalue weighted by Gasteiger charge is -2.35. The number of para-hydroxylation sites is 1. The number of nitrogens with zero attached hydrogens (tertiary/aromatic N) is 3. The number of nitrogens with one attached hydrogen (secondary N) is 1. The Kier molecular flexibility index (Phi) is 5.20. The fourth-order valence-corrected chi connectivity index (χ4v) is 3.97. The lowest BCUT2D eigenvalue weighted by molar-refractivity contribution is -0.150. The van der Waals surface area contributed by atoms with Gasteiger partial charge >= 0.3 is 0 Å². The van der Waals surface area contributed by atoms with E-state index in [9.17, 15) is 9.59 Å². The first-order valence-electron chi connectivity index (χ1n) is 9.48. The lowest BCUT2D eigenvalue weighted by Crippen LogP contribution is -2.52. The Hall–Kier alpha value is -2.29. The summed E-state index contributed by atoms with van der Waals surface area (Å²) in [5, 5.41) is 0.582. The molecule has 2 fully saturated rings. The van der Waals surface area contributed by atoms with Crippen molar-refractivity contribution in [3.05, 3.63) is 40.4 Å². The zero-order valence-corrected chi connectivity index (χ0v) is 15.3. The topological polar surface area (TPSA) is 105 Å². The van der Waals surface area contributed by atoms with Gasteiger partial charge in [-0.1, -0.05) is 12.1 Å². The molecule has 1 aromatic heterocycles. The zero-order valence-electron chi connectivity index (χ0n) is 15.3. The summed E-state index contributed by atoms with van der Waals surface area (Å²) in [7, 11) is 0. The number of rotatable bonds is 4. The van der Waals surface area contributed by atoms with E-state index in [0.717, 1.165) is 19.4 Å². The first kappa shape index (κ1) is 18.1. The number of nitrogens with two attached hydrogens (primary N) is 1. The molecule has 4 rings (SSSR count). The van der Waals surface area contributed by atoms with Crippen molar-refractivity contribution in [3.8, 4) is 0 Å². The van der Waals surface area contributed by atoms with Gasteiger partial charge in [0.05, 0.1) is 24.1 Å². The predicted molar refractivity (Wildman–Crippen MR) is 101 cm³/mol. The second kappa shape index (κ2) is 7.75. The van der Waals surface area contributed by atoms with Crippen molar-refractivity contribution in [2.24, 2.45) is 5.73 Å². The molecule has 2 aliphatic heterocycles. The van der Waals surface area contributed by atoms with E-state index in [-0.39, 0.29) is 17.5 Å². The Morgan fingerprint density at radius 1 is 1.33 bits per heavy atom. The van der Waals surface area contributed by atoms with Gasteiger partial charge in [0.2, 0.25) is 0 Å². The van der Waals surface area contributed by atoms with Crippen LogP contribution in [0.4, 0.5) is 0 Å². The van der Waals surface area contributed by atoms with Crippen LogP contribution in [0.2, 0.25) is 0 Å². The van der Waals surface area contributed by atoms with Gasteiger partial charge in [0.15, 0.2) is 0 Å². The Balaban J connectivity index is 1.46. The molecule has 8 nitrogen and oxygen atoms in total. The normalized spacial score (nSPS) is 23.8. The molecule has 0 bridgehead atoms. The van der Waals surface area contributed by atoms with E-state index in [0.29, 0.717) is 49.5 Å². The summed E-state index contributed by atoms with van der Waals surface area (Å²) in [6, 6.07) is 7.41. The molecular formula is C19H25N5O3. The molecular weight excluding hydrogens is 346 g/mol. The van der Waals surface area contributed by atoms with E-state index in [1.807, 2.05) is 23.1 Å². The molecule has 8 heteroatoms. The van der Waals surface area contributed by atoms with Crippen LogP contribution in [0.15, 0.2) is 29.1 Å². The molecule has 0 saturated carbocycles. The highest BCUT2D eigenvalue weighted by Gasteiger charge is 2.35. The maximum absolute atomic E-state index is 12.8. The maximum atomic E-state index is 12.8. The number of fused-ring (bicyclic) bond motifs is 1. The molecule has 27 heavy (non-hydrogen) atoms. The van der Waals surface area contributed by atoms with Crippen molar-refractivity contribution in [2.45, 2.75) is 31.5 Å². The number of carbonyl (C=O) groups excluding carboxylic acids is 1. The van der Waals surface area contributed by atoms with E-state index in [2.05, 4.69) is 14.9 Å². The van der Waals surface area contributed by atoms with Crippen LogP contribution in [-0.2, 0) is 16.1 Å². The molecule has 2 unspecified atom stereocenters. The molecule has 1 aromatic carbocycles. The Morgan fingerprint density at radius 2 is 2.19 bits per heavy atom. The van der Waals surface area contributed by atoms with Gasteiger partial charge in [-0.15, -0.1) is 0 Å². The number of aromatic nitrogens is 2. The van der Waals surface area contributed by atoms with Gasteiger partial charge in [-0.05, 0) is 25.0 Å². The molecule has 0 spiro atoms. The third kappa shape index (κ3) is 3.73. The number of morpholine rings is 1. The van der Waals surface area contributed by atoms with Gasteiger partial charge < -0.3 is 20.4 Å². The summed E-state index contributed by atoms with van der Waals surface area (Å²) < 4.78 is 5.74. The van der Waals surface area contributed by atoms with E-state index in [1.54, 1.807) is 6.07 Å². The quantitative estimate of drug-likeness (QED) is 0.788. The second-order valence-electron chi connectivity index (χ2n) is 7.19. The number of likely N-dealkylation sites (tertiary alicyclic amines) is 1. The maximum Gasteiger partial charge on any atom is 0.258 e. The molecule has 2 atom stereocenters. The van der Waals surface area contributed by atoms with Crippen molar-refractivity contribution in [3.63, 3.8) is 0 Å². The Bertz CT molecular complexity index is 883. The van der Waals surface area contributed by atoms with Crippen LogP contribution >= 0.6 is 0 Å². The third-order valence-electron chi connectivity index (χ3n) is 5.39. The average molecular weight is 371 g/mol. The number of ether oxygens (including phenoxy) is 1. The number of amides is 1. The zero-order chi connectivity index (χ0) is 18.8. The van der Waals surface area contributed by atoms with E-state index in [4.69, 9.17) is 10.5 Å². The van der Waals surface area contributed by atoms with Crippen LogP contribution in [0, 0.1) is 0 Å². The fraction of sp³-hybridized carbons (Fsp3) is 0.526. The van der Waals surface area contributed by atoms with Gasteiger partial charge in [-0.25, -0.2) is 4.98 Å². The van der Waals surface area contributed by atoms with Crippen molar-refractivity contribution < 1.29 is 9.53 Å². The highest BCUT2D eigenvalue weighted by Crippen LogP contribution is 2.20. The van der Waals surface area contributed by atoms with Crippen LogP contribution in [0.1, 0.15) is 18.7 Å². The molecule has 2 saturated heterocycles. The Morgan fingerprint density at radius 3 is 3.04 bits per heavy atom. The summed E-state index contributed by atoms with van der Waals surface area (Å²) in [6.45, 7) is 3.39. The van der Waals surface area contributed by atoms with E-state index in [1.165, 1.54) is 0 Å². The lowest BCUT2D eigenvalue weighted by atomic mass is 10.2. The number of benzene rings is 1. The number of aromatic amines is 1. The monoisotopic (exact) mass is 371 g/mol. The van der Waals surface area contributed by atoms with Crippen molar-refractivity contribution >= 4 is 16.8 Å². The predicted octanol–water partition coefficient (Wildman–Crippen LogP) is 0.0736. The van der Waals surface area contributed by atoms with Gasteiger partial charge in [-0.2, -0.15) is 0 Å². The van der Waals surface area contributed by atoms with Crippen LogP contribution in [0.5, 0.6) is 0 Å². The van der Waals surface area contributed by atoms with Crippen molar-refractivity contribution in [1.82, 2.24) is 19.8 Å². The standard InChI is InChI=1S/C19H25N5O3/c20-10-13-4-3-7-24(13)19(26)16-11-23(8-9-27-16)12-17-21-15-6-2-1-5-14(15)18(25)22-17/h1-2,5-6,13,16H,3-4,7-12,20H2,(H,21,22,25). The van der Waals surface area contributed by atoms with Gasteiger partial charge in [-0.3, -0.25) is 14.5 Å². The van der Waals surface area contributed by atoms with Crippen LogP contribution in [0.25, 0.3) is 10.9 Å². The minimum atomic E-state index is -0.488. The summed E-state index contributed by atoms with van der Waals surface area (Å²) >= 11 is 0. The minimum absolute atomic E-state index is 0.0209. The fourth-order valence-electron chi connectivity index (χ4n) is 3.97. The van der Waals surface area contributed by atoms with Crippen LogP contribution in [-0.4, -0.2) is 70.6 Å². The molecule has 0 aliphatic carbocycles. The molecule has 2 aromatic rings. The second-order valence-corrected chi connectivity index (χ2v) is 7.19. The highest BCUT2D eigenvalue weighted by atomic mass is 16.5. The van der Waals surface area contributed by atoms with Crippen molar-refractivity contribution in [1.29, 1.82) is 0 Å². The largest absolute Gasteiger partial charge is 0.366 e. The van der Waals surface area contributed by atoms with Crippen LogP contribution < -0.4 is 11.3 Å². The Labute approximate surface area is 157 Å². The van der Waals surface area contributed by atoms with Gasteiger partial charge in [0.25, 0.3) is 11.5 Å². The molecule has 2 aliphatic rings. The molecule has 144 valence electrons. The minimum Gasteiger partial charge on any atom is -0.366 e. The summed E-state index contributed by atoms with van der Waals surface area (Å²) in [5.41, 5.74) is 6.33. The van der Waals surface area contributed by atoms with E-state index >= 15 is 0 Å². The number of hydrogen-bond acceptors (Lipinski definition) is 6. The van der Waals surface area contributed by atoms with Gasteiger partial charge in [0.1, 0.15) is 11.9 Å². The average Bonchev–Trinajstić information content (AvgIpc) is 3.16. The smallest absolute Gasteiger partial charge is 0.258 e. The first-order chi connectivity index (χ1) is 13.2. The third-order valence-corrected chi connectivity index (χ3v) is 5.39. The SMILES string of the molecule is NCC1CCCN1C(=O)C1CN(Cc2nc3ccccc3c(=O)[nH]2)CCO1. The number of carbonyl (C=O) groups is 1. The highest BCUT2D eigenvalue weighted by molar-refractivity contribution is 5.82. The van der Waals surface area contributed by atoms with Crippen molar-refractivity contribution in [2.75, 3.05) is 32.8 Å².